The molecule has 0 aliphatic heterocycles. The van der Waals surface area contributed by atoms with Crippen molar-refractivity contribution >= 4 is 5.78 Å². The standard InChI is InChI=1S/C12H12FN3O2/c1-3-9(7(2)17)12-15-11(16-18-12)10-5-4-8(13)6-14-10/h4-6,9H,3H2,1-2H3. The largest absolute Gasteiger partial charge is 0.338 e. The normalized spacial score (nSPS) is 12.4. The Morgan fingerprint density at radius 1 is 1.50 bits per heavy atom. The van der Waals surface area contributed by atoms with Gasteiger partial charge >= 0.3 is 0 Å². The van der Waals surface area contributed by atoms with Crippen LogP contribution in [0.25, 0.3) is 11.5 Å². The van der Waals surface area contributed by atoms with Crippen molar-refractivity contribution in [2.24, 2.45) is 0 Å². The second kappa shape index (κ2) is 5.03. The van der Waals surface area contributed by atoms with E-state index in [1.54, 1.807) is 0 Å². The van der Waals surface area contributed by atoms with E-state index in [1.165, 1.54) is 19.1 Å². The predicted octanol–water partition coefficient (Wildman–Crippen LogP) is 2.35. The lowest BCUT2D eigenvalue weighted by atomic mass is 10.0. The number of carbonyl (C=O) groups is 1. The fourth-order valence-electron chi connectivity index (χ4n) is 1.62. The summed E-state index contributed by atoms with van der Waals surface area (Å²) in [6.45, 7) is 3.35. The molecule has 5 nitrogen and oxygen atoms in total. The summed E-state index contributed by atoms with van der Waals surface area (Å²) in [6, 6.07) is 2.72. The minimum atomic E-state index is -0.433. The van der Waals surface area contributed by atoms with Gasteiger partial charge < -0.3 is 4.52 Å². The fourth-order valence-corrected chi connectivity index (χ4v) is 1.62. The molecule has 0 saturated heterocycles. The Morgan fingerprint density at radius 3 is 2.83 bits per heavy atom. The summed E-state index contributed by atoms with van der Waals surface area (Å²) in [5.74, 6) is -0.333. The first-order valence-electron chi connectivity index (χ1n) is 5.57. The number of halogens is 1. The summed E-state index contributed by atoms with van der Waals surface area (Å²) < 4.78 is 17.8. The zero-order chi connectivity index (χ0) is 13.1. The Bertz CT molecular complexity index is 551. The molecule has 2 heterocycles. The molecule has 6 heteroatoms. The van der Waals surface area contributed by atoms with E-state index in [-0.39, 0.29) is 17.5 Å². The highest BCUT2D eigenvalue weighted by Crippen LogP contribution is 2.21. The van der Waals surface area contributed by atoms with Crippen LogP contribution in [0, 0.1) is 5.82 Å². The van der Waals surface area contributed by atoms with Crippen molar-refractivity contribution in [1.29, 1.82) is 0 Å². The van der Waals surface area contributed by atoms with E-state index in [0.717, 1.165) is 6.20 Å². The third-order valence-electron chi connectivity index (χ3n) is 2.60. The van der Waals surface area contributed by atoms with Gasteiger partial charge in [-0.3, -0.25) is 4.79 Å². The molecule has 94 valence electrons. The molecule has 0 aromatic carbocycles. The van der Waals surface area contributed by atoms with Gasteiger partial charge in [0.15, 0.2) is 0 Å². The molecule has 0 fully saturated rings. The summed E-state index contributed by atoms with van der Waals surface area (Å²) in [4.78, 5) is 19.3. The van der Waals surface area contributed by atoms with E-state index in [1.807, 2.05) is 6.92 Å². The van der Waals surface area contributed by atoms with Crippen LogP contribution >= 0.6 is 0 Å². The van der Waals surface area contributed by atoms with E-state index in [2.05, 4.69) is 15.1 Å². The topological polar surface area (TPSA) is 68.9 Å². The molecule has 0 saturated carbocycles. The van der Waals surface area contributed by atoms with Crippen LogP contribution in [0.1, 0.15) is 32.1 Å². The monoisotopic (exact) mass is 249 g/mol. The second-order valence-corrected chi connectivity index (χ2v) is 3.89. The minimum Gasteiger partial charge on any atom is -0.338 e. The first-order valence-corrected chi connectivity index (χ1v) is 5.57. The molecule has 0 aliphatic rings. The van der Waals surface area contributed by atoms with Gasteiger partial charge in [0.25, 0.3) is 0 Å². The quantitative estimate of drug-likeness (QED) is 0.831. The molecule has 0 N–H and O–H groups in total. The zero-order valence-corrected chi connectivity index (χ0v) is 10.1. The van der Waals surface area contributed by atoms with Gasteiger partial charge in [0.1, 0.15) is 17.3 Å². The summed E-state index contributed by atoms with van der Waals surface area (Å²) in [7, 11) is 0. The number of aromatic nitrogens is 3. The maximum Gasteiger partial charge on any atom is 0.237 e. The number of carbonyl (C=O) groups excluding carboxylic acids is 1. The number of pyridine rings is 1. The summed E-state index contributed by atoms with van der Waals surface area (Å²) in [5.41, 5.74) is 0.407. The van der Waals surface area contributed by atoms with E-state index in [0.29, 0.717) is 12.1 Å². The van der Waals surface area contributed by atoms with Crippen LogP contribution in [0.15, 0.2) is 22.9 Å². The van der Waals surface area contributed by atoms with Crippen LogP contribution in [-0.4, -0.2) is 20.9 Å². The first kappa shape index (κ1) is 12.3. The summed E-state index contributed by atoms with van der Waals surface area (Å²) >= 11 is 0. The van der Waals surface area contributed by atoms with Crippen LogP contribution in [-0.2, 0) is 4.79 Å². The molecule has 0 amide bonds. The molecule has 18 heavy (non-hydrogen) atoms. The van der Waals surface area contributed by atoms with Gasteiger partial charge in [-0.15, -0.1) is 0 Å². The fraction of sp³-hybridized carbons (Fsp3) is 0.333. The molecule has 2 aromatic heterocycles. The van der Waals surface area contributed by atoms with Gasteiger partial charge in [-0.25, -0.2) is 9.37 Å². The zero-order valence-electron chi connectivity index (χ0n) is 10.1. The van der Waals surface area contributed by atoms with Crippen molar-refractivity contribution in [3.63, 3.8) is 0 Å². The van der Waals surface area contributed by atoms with E-state index in [4.69, 9.17) is 4.52 Å². The maximum atomic E-state index is 12.7. The highest BCUT2D eigenvalue weighted by atomic mass is 19.1. The average Bonchev–Trinajstić information content (AvgIpc) is 2.80. The SMILES string of the molecule is CCC(C(C)=O)c1nc(-c2ccc(F)cn2)no1. The molecule has 0 aliphatic carbocycles. The van der Waals surface area contributed by atoms with E-state index < -0.39 is 11.7 Å². The molecule has 2 aromatic rings. The van der Waals surface area contributed by atoms with Crippen molar-refractivity contribution in [3.8, 4) is 11.5 Å². The van der Waals surface area contributed by atoms with Crippen molar-refractivity contribution in [3.05, 3.63) is 30.0 Å². The molecule has 0 spiro atoms. The number of Topliss-reactive ketones (excluding diaryl/α,β-unsaturated/α-hetero) is 1. The number of rotatable bonds is 4. The summed E-state index contributed by atoms with van der Waals surface area (Å²) in [5, 5.41) is 3.74. The molecule has 1 unspecified atom stereocenters. The molecule has 2 rings (SSSR count). The van der Waals surface area contributed by atoms with Crippen molar-refractivity contribution < 1.29 is 13.7 Å². The van der Waals surface area contributed by atoms with Crippen LogP contribution in [0.2, 0.25) is 0 Å². The van der Waals surface area contributed by atoms with Crippen LogP contribution in [0.3, 0.4) is 0 Å². The minimum absolute atomic E-state index is 0.0280. The molecule has 1 atom stereocenters. The predicted molar refractivity (Wildman–Crippen MR) is 61.2 cm³/mol. The first-order chi connectivity index (χ1) is 8.61. The van der Waals surface area contributed by atoms with Gasteiger partial charge in [-0.2, -0.15) is 4.98 Å². The number of hydrogen-bond donors (Lipinski definition) is 0. The third kappa shape index (κ3) is 2.42. The Kier molecular flexibility index (Phi) is 3.45. The molecule has 0 bridgehead atoms. The van der Waals surface area contributed by atoms with Gasteiger partial charge in [-0.1, -0.05) is 12.1 Å². The Labute approximate surface area is 103 Å². The lowest BCUT2D eigenvalue weighted by Gasteiger charge is -2.03. The molecular weight excluding hydrogens is 237 g/mol. The van der Waals surface area contributed by atoms with Crippen molar-refractivity contribution in [2.45, 2.75) is 26.2 Å². The average molecular weight is 249 g/mol. The highest BCUT2D eigenvalue weighted by molar-refractivity contribution is 5.82. The Morgan fingerprint density at radius 2 is 2.28 bits per heavy atom. The smallest absolute Gasteiger partial charge is 0.237 e. The van der Waals surface area contributed by atoms with Gasteiger partial charge in [0, 0.05) is 0 Å². The Balaban J connectivity index is 2.30. The summed E-state index contributed by atoms with van der Waals surface area (Å²) in [6.07, 6.45) is 1.67. The van der Waals surface area contributed by atoms with Gasteiger partial charge in [-0.05, 0) is 25.5 Å². The van der Waals surface area contributed by atoms with E-state index >= 15 is 0 Å². The van der Waals surface area contributed by atoms with E-state index in [9.17, 15) is 9.18 Å². The lowest BCUT2D eigenvalue weighted by molar-refractivity contribution is -0.119. The van der Waals surface area contributed by atoms with Crippen LogP contribution < -0.4 is 0 Å². The number of ketones is 1. The van der Waals surface area contributed by atoms with Crippen molar-refractivity contribution in [2.75, 3.05) is 0 Å². The van der Waals surface area contributed by atoms with Crippen molar-refractivity contribution in [1.82, 2.24) is 15.1 Å². The van der Waals surface area contributed by atoms with Crippen LogP contribution in [0.4, 0.5) is 4.39 Å². The number of hydrogen-bond acceptors (Lipinski definition) is 5. The second-order valence-electron chi connectivity index (χ2n) is 3.89. The maximum absolute atomic E-state index is 12.7. The number of nitrogens with zero attached hydrogens (tertiary/aromatic N) is 3. The lowest BCUT2D eigenvalue weighted by Crippen LogP contribution is -2.07. The third-order valence-corrected chi connectivity index (χ3v) is 2.60. The molecule has 0 radical (unpaired) electrons. The van der Waals surface area contributed by atoms with Gasteiger partial charge in [0.2, 0.25) is 11.7 Å². The highest BCUT2D eigenvalue weighted by Gasteiger charge is 2.22. The molecular formula is C12H12FN3O2. The Hall–Kier alpha value is -2.11. The van der Waals surface area contributed by atoms with Crippen LogP contribution in [0.5, 0.6) is 0 Å². The van der Waals surface area contributed by atoms with Gasteiger partial charge in [0.05, 0.1) is 12.1 Å².